The van der Waals surface area contributed by atoms with Crippen LogP contribution >= 0.6 is 0 Å². The van der Waals surface area contributed by atoms with Crippen LogP contribution < -0.4 is 15.6 Å². The van der Waals surface area contributed by atoms with Crippen LogP contribution in [0.4, 0.5) is 10.1 Å². The van der Waals surface area contributed by atoms with Crippen LogP contribution in [0.3, 0.4) is 0 Å². The van der Waals surface area contributed by atoms with Crippen LogP contribution in [-0.2, 0) is 10.0 Å². The zero-order valence-corrected chi connectivity index (χ0v) is 14.8. The topological polar surface area (TPSA) is 108 Å². The summed E-state index contributed by atoms with van der Waals surface area (Å²) in [5.41, 5.74) is -0.174. The molecule has 3 N–H and O–H groups in total. The lowest BCUT2D eigenvalue weighted by Gasteiger charge is -2.09. The molecule has 9 heteroatoms. The van der Waals surface area contributed by atoms with Crippen LogP contribution in [0.5, 0.6) is 0 Å². The maximum atomic E-state index is 13.2. The molecule has 0 aliphatic rings. The van der Waals surface area contributed by atoms with Gasteiger partial charge in [0.25, 0.3) is 11.5 Å². The summed E-state index contributed by atoms with van der Waals surface area (Å²) in [5, 5.41) is 2.89. The van der Waals surface area contributed by atoms with Crippen molar-refractivity contribution >= 4 is 32.5 Å². The highest BCUT2D eigenvalue weighted by Crippen LogP contribution is 2.12. The van der Waals surface area contributed by atoms with Crippen LogP contribution in [0.15, 0.2) is 59.4 Å². The highest BCUT2D eigenvalue weighted by Gasteiger charge is 2.15. The number of rotatable bonds is 6. The van der Waals surface area contributed by atoms with Crippen molar-refractivity contribution in [1.82, 2.24) is 10.3 Å². The van der Waals surface area contributed by atoms with Crippen molar-refractivity contribution in [3.05, 3.63) is 76.3 Å². The Hall–Kier alpha value is -3.20. The van der Waals surface area contributed by atoms with Gasteiger partial charge < -0.3 is 10.3 Å². The number of nitrogens with one attached hydrogen (secondary N) is 3. The Balaban J connectivity index is 1.65. The summed E-state index contributed by atoms with van der Waals surface area (Å²) in [6, 6.07) is 13.5. The molecule has 2 aromatic carbocycles. The molecule has 0 bridgehead atoms. The second kappa shape index (κ2) is 7.58. The fourth-order valence-corrected chi connectivity index (χ4v) is 3.44. The maximum absolute atomic E-state index is 13.2. The van der Waals surface area contributed by atoms with E-state index in [1.54, 1.807) is 30.3 Å². The number of carbonyl (C=O) groups is 1. The average molecular weight is 389 g/mol. The van der Waals surface area contributed by atoms with E-state index in [0.29, 0.717) is 11.1 Å². The predicted molar refractivity (Wildman–Crippen MR) is 101 cm³/mol. The predicted octanol–water partition coefficient (Wildman–Crippen LogP) is 1.84. The molecule has 0 unspecified atom stereocenters. The number of benzene rings is 2. The number of halogens is 1. The number of anilines is 1. The molecule has 0 atom stereocenters. The summed E-state index contributed by atoms with van der Waals surface area (Å²) in [6.07, 6.45) is 0. The zero-order valence-electron chi connectivity index (χ0n) is 14.0. The molecule has 1 amide bonds. The van der Waals surface area contributed by atoms with Gasteiger partial charge in [-0.05, 0) is 41.8 Å². The van der Waals surface area contributed by atoms with Crippen molar-refractivity contribution in [2.75, 3.05) is 17.0 Å². The third-order valence-electron chi connectivity index (χ3n) is 3.76. The van der Waals surface area contributed by atoms with E-state index >= 15 is 0 Å². The molecule has 140 valence electrons. The van der Waals surface area contributed by atoms with E-state index < -0.39 is 27.3 Å². The van der Waals surface area contributed by atoms with Crippen molar-refractivity contribution in [1.29, 1.82) is 0 Å². The van der Waals surface area contributed by atoms with Crippen LogP contribution in [0.2, 0.25) is 0 Å². The van der Waals surface area contributed by atoms with Crippen LogP contribution in [0.25, 0.3) is 10.9 Å². The molecule has 0 spiro atoms. The summed E-state index contributed by atoms with van der Waals surface area (Å²) in [7, 11) is -3.65. The number of H-pyrrole nitrogens is 1. The number of pyridine rings is 1. The minimum Gasteiger partial charge on any atom is -0.351 e. The molecule has 1 aromatic heterocycles. The molecule has 0 radical (unpaired) electrons. The smallest absolute Gasteiger partial charge is 0.261 e. The van der Waals surface area contributed by atoms with Crippen molar-refractivity contribution < 1.29 is 17.6 Å². The van der Waals surface area contributed by atoms with Crippen LogP contribution in [-0.4, -0.2) is 31.6 Å². The number of carbonyl (C=O) groups excluding carboxylic acids is 1. The van der Waals surface area contributed by atoms with Gasteiger partial charge in [0, 0.05) is 12.2 Å². The third-order valence-corrected chi connectivity index (χ3v) is 5.04. The van der Waals surface area contributed by atoms with Gasteiger partial charge >= 0.3 is 0 Å². The molecule has 3 aromatic rings. The molecular formula is C18H16FN3O4S. The number of sulfonamides is 1. The molecule has 0 saturated carbocycles. The first-order valence-corrected chi connectivity index (χ1v) is 9.66. The van der Waals surface area contributed by atoms with Gasteiger partial charge in [0.05, 0.1) is 11.3 Å². The lowest BCUT2D eigenvalue weighted by molar-refractivity contribution is 0.0955. The molecule has 0 fully saturated rings. The lowest BCUT2D eigenvalue weighted by Crippen LogP contribution is -2.34. The Morgan fingerprint density at radius 1 is 1.07 bits per heavy atom. The zero-order chi connectivity index (χ0) is 19.4. The van der Waals surface area contributed by atoms with Gasteiger partial charge in [-0.25, -0.2) is 12.8 Å². The van der Waals surface area contributed by atoms with E-state index in [1.165, 1.54) is 18.2 Å². The van der Waals surface area contributed by atoms with Crippen LogP contribution in [0.1, 0.15) is 10.4 Å². The number of para-hydroxylation sites is 1. The van der Waals surface area contributed by atoms with Gasteiger partial charge in [-0.1, -0.05) is 18.2 Å². The van der Waals surface area contributed by atoms with Crippen molar-refractivity contribution in [3.63, 3.8) is 0 Å². The number of fused-ring (bicyclic) bond motifs is 1. The molecule has 7 nitrogen and oxygen atoms in total. The van der Waals surface area contributed by atoms with E-state index in [1.807, 2.05) is 0 Å². The summed E-state index contributed by atoms with van der Waals surface area (Å²) < 4.78 is 39.6. The van der Waals surface area contributed by atoms with Gasteiger partial charge in [-0.2, -0.15) is 0 Å². The molecule has 27 heavy (non-hydrogen) atoms. The summed E-state index contributed by atoms with van der Waals surface area (Å²) in [4.78, 5) is 26.7. The van der Waals surface area contributed by atoms with E-state index in [9.17, 15) is 22.4 Å². The standard InChI is InChI=1S/C18H16FN3O4S/c19-13-7-6-12-10-15(18(24)21-16(12)11-13)17(23)20-8-9-27(25,26)22-14-4-2-1-3-5-14/h1-7,10-11,22H,8-9H2,(H,20,23)(H,21,24). The molecule has 0 saturated heterocycles. The van der Waals surface area contributed by atoms with Crippen molar-refractivity contribution in [2.24, 2.45) is 0 Å². The average Bonchev–Trinajstić information content (AvgIpc) is 2.61. The van der Waals surface area contributed by atoms with Gasteiger partial charge in [-0.15, -0.1) is 0 Å². The summed E-state index contributed by atoms with van der Waals surface area (Å²) >= 11 is 0. The molecule has 0 aliphatic heterocycles. The Labute approximate surface area is 154 Å². The van der Waals surface area contributed by atoms with Crippen LogP contribution in [0, 0.1) is 5.82 Å². The number of amides is 1. The first kappa shape index (κ1) is 18.6. The molecule has 1 heterocycles. The fraction of sp³-hybridized carbons (Fsp3) is 0.111. The highest BCUT2D eigenvalue weighted by molar-refractivity contribution is 7.92. The monoisotopic (exact) mass is 389 g/mol. The number of aromatic nitrogens is 1. The second-order valence-corrected chi connectivity index (χ2v) is 7.63. The van der Waals surface area contributed by atoms with E-state index in [4.69, 9.17) is 0 Å². The molecule has 3 rings (SSSR count). The fourth-order valence-electron chi connectivity index (χ4n) is 2.47. The molecular weight excluding hydrogens is 373 g/mol. The Morgan fingerprint density at radius 2 is 1.81 bits per heavy atom. The first-order valence-electron chi connectivity index (χ1n) is 8.00. The van der Waals surface area contributed by atoms with E-state index in [0.717, 1.165) is 6.07 Å². The Bertz CT molecular complexity index is 1140. The van der Waals surface area contributed by atoms with E-state index in [-0.39, 0.29) is 23.4 Å². The minimum absolute atomic E-state index is 0.178. The maximum Gasteiger partial charge on any atom is 0.261 e. The highest BCUT2D eigenvalue weighted by atomic mass is 32.2. The number of hydrogen-bond donors (Lipinski definition) is 3. The van der Waals surface area contributed by atoms with Gasteiger partial charge in [0.2, 0.25) is 10.0 Å². The first-order chi connectivity index (χ1) is 12.8. The number of hydrogen-bond acceptors (Lipinski definition) is 4. The minimum atomic E-state index is -3.65. The second-order valence-electron chi connectivity index (χ2n) is 5.79. The Morgan fingerprint density at radius 3 is 2.56 bits per heavy atom. The normalized spacial score (nSPS) is 11.3. The van der Waals surface area contributed by atoms with Gasteiger partial charge in [-0.3, -0.25) is 14.3 Å². The largest absolute Gasteiger partial charge is 0.351 e. The summed E-state index contributed by atoms with van der Waals surface area (Å²) in [6.45, 7) is -0.179. The summed E-state index contributed by atoms with van der Waals surface area (Å²) in [5.74, 6) is -1.58. The third kappa shape index (κ3) is 4.70. The van der Waals surface area contributed by atoms with Gasteiger partial charge in [0.15, 0.2) is 0 Å². The SMILES string of the molecule is O=C(NCCS(=O)(=O)Nc1ccccc1)c1cc2ccc(F)cc2[nH]c1=O. The number of aromatic amines is 1. The van der Waals surface area contributed by atoms with E-state index in [2.05, 4.69) is 15.0 Å². The lowest BCUT2D eigenvalue weighted by atomic mass is 10.1. The molecule has 0 aliphatic carbocycles. The van der Waals surface area contributed by atoms with Gasteiger partial charge in [0.1, 0.15) is 11.4 Å². The Kier molecular flexibility index (Phi) is 5.22. The van der Waals surface area contributed by atoms with Crippen molar-refractivity contribution in [3.8, 4) is 0 Å². The van der Waals surface area contributed by atoms with Crippen molar-refractivity contribution in [2.45, 2.75) is 0 Å². The quantitative estimate of drug-likeness (QED) is 0.598.